The third-order valence-electron chi connectivity index (χ3n) is 2.71. The number of rotatable bonds is 7. The first-order valence-electron chi connectivity index (χ1n) is 7.32. The number of halogens is 1. The summed E-state index contributed by atoms with van der Waals surface area (Å²) < 4.78 is 5.73. The summed E-state index contributed by atoms with van der Waals surface area (Å²) in [5.41, 5.74) is 1.19. The largest absolute Gasteiger partial charge is 0.493 e. The summed E-state index contributed by atoms with van der Waals surface area (Å²) in [6, 6.07) is 8.18. The van der Waals surface area contributed by atoms with Crippen LogP contribution in [0, 0.1) is 5.92 Å². The highest BCUT2D eigenvalue weighted by atomic mass is 127. The molecule has 0 bridgehead atoms. The second-order valence-corrected chi connectivity index (χ2v) is 5.20. The van der Waals surface area contributed by atoms with Crippen molar-refractivity contribution in [3.8, 4) is 5.75 Å². The van der Waals surface area contributed by atoms with E-state index < -0.39 is 0 Å². The van der Waals surface area contributed by atoms with Crippen LogP contribution in [0.25, 0.3) is 0 Å². The van der Waals surface area contributed by atoms with Gasteiger partial charge in [0.2, 0.25) is 0 Å². The Hall–Kier alpha value is -0.980. The maximum atomic E-state index is 5.73. The lowest BCUT2D eigenvalue weighted by molar-refractivity contribution is 0.271. The smallest absolute Gasteiger partial charge is 0.191 e. The molecular formula is C16H28IN3O. The van der Waals surface area contributed by atoms with Crippen LogP contribution in [-0.4, -0.2) is 26.2 Å². The molecule has 0 radical (unpaired) electrons. The summed E-state index contributed by atoms with van der Waals surface area (Å²) in [4.78, 5) is 4.19. The molecule has 0 spiro atoms. The fourth-order valence-corrected chi connectivity index (χ4v) is 1.66. The van der Waals surface area contributed by atoms with Crippen molar-refractivity contribution in [2.75, 3.05) is 20.2 Å². The predicted octanol–water partition coefficient (Wildman–Crippen LogP) is 3.41. The van der Waals surface area contributed by atoms with Gasteiger partial charge in [-0.1, -0.05) is 32.9 Å². The van der Waals surface area contributed by atoms with Crippen molar-refractivity contribution in [2.45, 2.75) is 33.7 Å². The highest BCUT2D eigenvalue weighted by molar-refractivity contribution is 14.0. The van der Waals surface area contributed by atoms with Crippen LogP contribution in [0.15, 0.2) is 29.3 Å². The molecule has 1 rings (SSSR count). The number of nitrogens with zero attached hydrogens (tertiary/aromatic N) is 1. The fraction of sp³-hybridized carbons (Fsp3) is 0.562. The van der Waals surface area contributed by atoms with Crippen molar-refractivity contribution >= 4 is 29.9 Å². The van der Waals surface area contributed by atoms with Gasteiger partial charge in [-0.25, -0.2) is 0 Å². The summed E-state index contributed by atoms with van der Waals surface area (Å²) in [5, 5.41) is 6.55. The molecule has 0 amide bonds. The monoisotopic (exact) mass is 405 g/mol. The Morgan fingerprint density at radius 3 is 2.67 bits per heavy atom. The van der Waals surface area contributed by atoms with E-state index >= 15 is 0 Å². The molecule has 0 fully saturated rings. The van der Waals surface area contributed by atoms with Gasteiger partial charge in [-0.05, 0) is 30.0 Å². The lowest BCUT2D eigenvalue weighted by Gasteiger charge is -2.13. The molecule has 2 N–H and O–H groups in total. The van der Waals surface area contributed by atoms with Crippen molar-refractivity contribution in [1.82, 2.24) is 10.6 Å². The van der Waals surface area contributed by atoms with Crippen molar-refractivity contribution in [2.24, 2.45) is 10.9 Å². The van der Waals surface area contributed by atoms with E-state index in [9.17, 15) is 0 Å². The molecule has 1 aromatic carbocycles. The van der Waals surface area contributed by atoms with Crippen LogP contribution < -0.4 is 15.4 Å². The molecule has 0 aliphatic rings. The predicted molar refractivity (Wildman–Crippen MR) is 101 cm³/mol. The minimum absolute atomic E-state index is 0. The standard InChI is InChI=1S/C16H27N3O.HI/c1-5-9-18-16(17-4)19-11-14-7-6-8-15(10-14)20-12-13(2)3;/h6-8,10,13H,5,9,11-12H2,1-4H3,(H2,17,18,19);1H. The van der Waals surface area contributed by atoms with Crippen LogP contribution in [0.1, 0.15) is 32.8 Å². The van der Waals surface area contributed by atoms with E-state index in [2.05, 4.69) is 48.5 Å². The molecule has 1 aromatic rings. The van der Waals surface area contributed by atoms with Crippen molar-refractivity contribution in [3.63, 3.8) is 0 Å². The van der Waals surface area contributed by atoms with Crippen LogP contribution in [0.3, 0.4) is 0 Å². The van der Waals surface area contributed by atoms with E-state index in [1.54, 1.807) is 7.05 Å². The van der Waals surface area contributed by atoms with Crippen LogP contribution in [0.4, 0.5) is 0 Å². The van der Waals surface area contributed by atoms with E-state index in [0.717, 1.165) is 37.8 Å². The van der Waals surface area contributed by atoms with Crippen LogP contribution in [0.5, 0.6) is 5.75 Å². The third-order valence-corrected chi connectivity index (χ3v) is 2.71. The zero-order chi connectivity index (χ0) is 14.8. The van der Waals surface area contributed by atoms with Gasteiger partial charge in [0.25, 0.3) is 0 Å². The molecule has 5 heteroatoms. The topological polar surface area (TPSA) is 45.7 Å². The summed E-state index contributed by atoms with van der Waals surface area (Å²) >= 11 is 0. The number of benzene rings is 1. The zero-order valence-electron chi connectivity index (χ0n) is 13.5. The minimum atomic E-state index is 0. The zero-order valence-corrected chi connectivity index (χ0v) is 15.8. The van der Waals surface area contributed by atoms with Gasteiger partial charge in [-0.3, -0.25) is 4.99 Å². The lowest BCUT2D eigenvalue weighted by Crippen LogP contribution is -2.37. The number of guanidine groups is 1. The molecule has 120 valence electrons. The van der Waals surface area contributed by atoms with Gasteiger partial charge in [0.1, 0.15) is 5.75 Å². The Bertz CT molecular complexity index is 422. The average molecular weight is 405 g/mol. The van der Waals surface area contributed by atoms with Crippen molar-refractivity contribution in [3.05, 3.63) is 29.8 Å². The summed E-state index contributed by atoms with van der Waals surface area (Å²) in [5.74, 6) is 2.30. The van der Waals surface area contributed by atoms with E-state index in [4.69, 9.17) is 4.74 Å². The van der Waals surface area contributed by atoms with Crippen molar-refractivity contribution < 1.29 is 4.74 Å². The normalized spacial score (nSPS) is 11.0. The molecule has 0 saturated carbocycles. The first kappa shape index (κ1) is 20.0. The Morgan fingerprint density at radius 2 is 2.05 bits per heavy atom. The van der Waals surface area contributed by atoms with E-state index in [1.165, 1.54) is 5.56 Å². The molecule has 0 atom stereocenters. The molecule has 21 heavy (non-hydrogen) atoms. The van der Waals surface area contributed by atoms with Gasteiger partial charge in [0.05, 0.1) is 6.61 Å². The first-order valence-corrected chi connectivity index (χ1v) is 7.32. The molecule has 0 aromatic heterocycles. The van der Waals surface area contributed by atoms with Crippen LogP contribution in [-0.2, 0) is 6.54 Å². The number of hydrogen-bond donors (Lipinski definition) is 2. The van der Waals surface area contributed by atoms with Crippen LogP contribution in [0.2, 0.25) is 0 Å². The Labute approximate surface area is 145 Å². The third kappa shape index (κ3) is 8.80. The number of nitrogens with one attached hydrogen (secondary N) is 2. The second-order valence-electron chi connectivity index (χ2n) is 5.20. The lowest BCUT2D eigenvalue weighted by atomic mass is 10.2. The van der Waals surface area contributed by atoms with Crippen molar-refractivity contribution in [1.29, 1.82) is 0 Å². The maximum Gasteiger partial charge on any atom is 0.191 e. The molecule has 0 saturated heterocycles. The Balaban J connectivity index is 0.00000400. The molecule has 0 unspecified atom stereocenters. The summed E-state index contributed by atoms with van der Waals surface area (Å²) in [6.07, 6.45) is 1.08. The van der Waals surface area contributed by atoms with E-state index in [-0.39, 0.29) is 24.0 Å². The van der Waals surface area contributed by atoms with Gasteiger partial charge < -0.3 is 15.4 Å². The van der Waals surface area contributed by atoms with E-state index in [0.29, 0.717) is 5.92 Å². The first-order chi connectivity index (χ1) is 9.65. The van der Waals surface area contributed by atoms with Gasteiger partial charge >= 0.3 is 0 Å². The maximum absolute atomic E-state index is 5.73. The molecular weight excluding hydrogens is 377 g/mol. The number of hydrogen-bond acceptors (Lipinski definition) is 2. The summed E-state index contributed by atoms with van der Waals surface area (Å²) in [7, 11) is 1.78. The van der Waals surface area contributed by atoms with Crippen LogP contribution >= 0.6 is 24.0 Å². The molecule has 0 heterocycles. The molecule has 4 nitrogen and oxygen atoms in total. The van der Waals surface area contributed by atoms with Gasteiger partial charge in [0.15, 0.2) is 5.96 Å². The second kappa shape index (κ2) is 11.7. The number of ether oxygens (including phenoxy) is 1. The highest BCUT2D eigenvalue weighted by Gasteiger charge is 2.01. The average Bonchev–Trinajstić information content (AvgIpc) is 2.46. The van der Waals surface area contributed by atoms with Gasteiger partial charge in [-0.2, -0.15) is 0 Å². The molecule has 0 aliphatic carbocycles. The quantitative estimate of drug-likeness (QED) is 0.415. The SMILES string of the molecule is CCCNC(=NC)NCc1cccc(OCC(C)C)c1.I. The van der Waals surface area contributed by atoms with Gasteiger partial charge in [0, 0.05) is 20.1 Å². The highest BCUT2D eigenvalue weighted by Crippen LogP contribution is 2.14. The molecule has 0 aliphatic heterocycles. The van der Waals surface area contributed by atoms with Gasteiger partial charge in [-0.15, -0.1) is 24.0 Å². The Morgan fingerprint density at radius 1 is 1.29 bits per heavy atom. The minimum Gasteiger partial charge on any atom is -0.493 e. The van der Waals surface area contributed by atoms with E-state index in [1.807, 2.05) is 12.1 Å². The number of aliphatic imine (C=N–C) groups is 1. The fourth-order valence-electron chi connectivity index (χ4n) is 1.66. The Kier molecular flexibility index (Phi) is 11.1. The summed E-state index contributed by atoms with van der Waals surface area (Å²) in [6.45, 7) is 8.84.